The van der Waals surface area contributed by atoms with Gasteiger partial charge in [-0.25, -0.2) is 8.42 Å². The first kappa shape index (κ1) is 26.8. The molecule has 0 saturated heterocycles. The number of hydrogen-bond donors (Lipinski definition) is 1. The van der Waals surface area contributed by atoms with Crippen LogP contribution in [0.1, 0.15) is 32.3 Å². The number of rotatable bonds is 12. The lowest BCUT2D eigenvalue weighted by Crippen LogP contribution is -2.52. The summed E-state index contributed by atoms with van der Waals surface area (Å²) >= 11 is 5.86. The standard InChI is InChI=1S/C24H32ClN3O4S/c1-4-16-26-24(30)22(5-2)28(17-15-19-9-7-6-8-10-19)23(29)18-27(3)33(31,32)21-13-11-20(25)12-14-21/h6-14,22H,4-5,15-18H2,1-3H3,(H,26,30). The van der Waals surface area contributed by atoms with Crippen molar-refractivity contribution in [2.75, 3.05) is 26.7 Å². The Balaban J connectivity index is 2.23. The summed E-state index contributed by atoms with van der Waals surface area (Å²) < 4.78 is 26.9. The summed E-state index contributed by atoms with van der Waals surface area (Å²) in [7, 11) is -2.54. The lowest BCUT2D eigenvalue weighted by atomic mass is 10.1. The number of amides is 2. The van der Waals surface area contributed by atoms with Crippen molar-refractivity contribution in [1.82, 2.24) is 14.5 Å². The molecule has 0 aliphatic rings. The van der Waals surface area contributed by atoms with Crippen LogP contribution in [-0.4, -0.2) is 62.2 Å². The average Bonchev–Trinajstić information content (AvgIpc) is 2.80. The third-order valence-electron chi connectivity index (χ3n) is 5.30. The van der Waals surface area contributed by atoms with Gasteiger partial charge in [-0.2, -0.15) is 4.31 Å². The van der Waals surface area contributed by atoms with E-state index in [1.165, 1.54) is 36.2 Å². The van der Waals surface area contributed by atoms with Crippen molar-refractivity contribution in [3.63, 3.8) is 0 Å². The van der Waals surface area contributed by atoms with Crippen molar-refractivity contribution in [2.45, 2.75) is 44.0 Å². The molecule has 9 heteroatoms. The van der Waals surface area contributed by atoms with E-state index in [0.29, 0.717) is 31.0 Å². The Labute approximate surface area is 201 Å². The topological polar surface area (TPSA) is 86.8 Å². The summed E-state index contributed by atoms with van der Waals surface area (Å²) in [5.41, 5.74) is 1.03. The van der Waals surface area contributed by atoms with Gasteiger partial charge in [0, 0.05) is 25.2 Å². The molecule has 0 aromatic heterocycles. The predicted molar refractivity (Wildman–Crippen MR) is 131 cm³/mol. The fraction of sp³-hybridized carbons (Fsp3) is 0.417. The molecule has 2 amide bonds. The van der Waals surface area contributed by atoms with E-state index >= 15 is 0 Å². The molecule has 2 aromatic rings. The summed E-state index contributed by atoms with van der Waals surface area (Å²) in [6, 6.07) is 14.8. The number of sulfonamides is 1. The second kappa shape index (κ2) is 12.7. The van der Waals surface area contributed by atoms with Crippen LogP contribution in [0, 0.1) is 0 Å². The highest BCUT2D eigenvalue weighted by molar-refractivity contribution is 7.89. The lowest BCUT2D eigenvalue weighted by Gasteiger charge is -2.32. The molecule has 0 radical (unpaired) electrons. The number of likely N-dealkylation sites (N-methyl/N-ethyl adjacent to an activating group) is 1. The Morgan fingerprint density at radius 3 is 2.24 bits per heavy atom. The van der Waals surface area contributed by atoms with Crippen LogP contribution in [-0.2, 0) is 26.0 Å². The maximum Gasteiger partial charge on any atom is 0.243 e. The van der Waals surface area contributed by atoms with Crippen molar-refractivity contribution in [3.8, 4) is 0 Å². The number of halogens is 1. The molecule has 1 unspecified atom stereocenters. The Morgan fingerprint density at radius 1 is 1.03 bits per heavy atom. The quantitative estimate of drug-likeness (QED) is 0.491. The summed E-state index contributed by atoms with van der Waals surface area (Å²) in [4.78, 5) is 27.6. The first-order valence-electron chi connectivity index (χ1n) is 11.0. The van der Waals surface area contributed by atoms with Crippen LogP contribution in [0.3, 0.4) is 0 Å². The van der Waals surface area contributed by atoms with Crippen LogP contribution < -0.4 is 5.32 Å². The summed E-state index contributed by atoms with van der Waals surface area (Å²) in [6.45, 7) is 4.23. The summed E-state index contributed by atoms with van der Waals surface area (Å²) in [5, 5.41) is 3.27. The van der Waals surface area contributed by atoms with Gasteiger partial charge in [0.25, 0.3) is 0 Å². The fourth-order valence-electron chi connectivity index (χ4n) is 3.41. The third kappa shape index (κ3) is 7.55. The molecule has 1 atom stereocenters. The van der Waals surface area contributed by atoms with Crippen molar-refractivity contribution >= 4 is 33.4 Å². The molecule has 0 heterocycles. The molecule has 0 fully saturated rings. The van der Waals surface area contributed by atoms with Crippen molar-refractivity contribution in [3.05, 3.63) is 65.2 Å². The number of nitrogens with one attached hydrogen (secondary N) is 1. The molecule has 1 N–H and O–H groups in total. The second-order valence-corrected chi connectivity index (χ2v) is 10.2. The molecule has 0 saturated carbocycles. The molecule has 0 aliphatic heterocycles. The van der Waals surface area contributed by atoms with Gasteiger partial charge < -0.3 is 10.2 Å². The molecule has 33 heavy (non-hydrogen) atoms. The first-order valence-corrected chi connectivity index (χ1v) is 12.9. The summed E-state index contributed by atoms with van der Waals surface area (Å²) in [6.07, 6.45) is 1.75. The van der Waals surface area contributed by atoms with Gasteiger partial charge in [0.1, 0.15) is 6.04 Å². The Bertz CT molecular complexity index is 1010. The van der Waals surface area contributed by atoms with Gasteiger partial charge in [-0.1, -0.05) is 55.8 Å². The largest absolute Gasteiger partial charge is 0.354 e. The number of hydrogen-bond acceptors (Lipinski definition) is 4. The highest BCUT2D eigenvalue weighted by Crippen LogP contribution is 2.18. The lowest BCUT2D eigenvalue weighted by molar-refractivity contribution is -0.140. The fourth-order valence-corrected chi connectivity index (χ4v) is 4.66. The average molecular weight is 494 g/mol. The van der Waals surface area contributed by atoms with Gasteiger partial charge in [-0.05, 0) is 49.1 Å². The molecule has 0 spiro atoms. The van der Waals surface area contributed by atoms with Crippen LogP contribution in [0.4, 0.5) is 0 Å². The molecule has 2 rings (SSSR count). The maximum absolute atomic E-state index is 13.3. The van der Waals surface area contributed by atoms with E-state index in [2.05, 4.69) is 5.32 Å². The van der Waals surface area contributed by atoms with Gasteiger partial charge in [0.2, 0.25) is 21.8 Å². The molecular formula is C24H32ClN3O4S. The zero-order chi connectivity index (χ0) is 24.4. The van der Waals surface area contributed by atoms with Gasteiger partial charge in [0.15, 0.2) is 0 Å². The monoisotopic (exact) mass is 493 g/mol. The van der Waals surface area contributed by atoms with Gasteiger partial charge in [-0.15, -0.1) is 0 Å². The number of carbonyl (C=O) groups excluding carboxylic acids is 2. The van der Waals surface area contributed by atoms with E-state index < -0.39 is 22.0 Å². The van der Waals surface area contributed by atoms with Crippen LogP contribution in [0.2, 0.25) is 5.02 Å². The SMILES string of the molecule is CCCNC(=O)C(CC)N(CCc1ccccc1)C(=O)CN(C)S(=O)(=O)c1ccc(Cl)cc1. The molecule has 2 aromatic carbocycles. The molecule has 7 nitrogen and oxygen atoms in total. The van der Waals surface area contributed by atoms with Gasteiger partial charge in [0.05, 0.1) is 11.4 Å². The molecule has 0 aliphatic carbocycles. The molecular weight excluding hydrogens is 462 g/mol. The van der Waals surface area contributed by atoms with E-state index in [0.717, 1.165) is 16.3 Å². The third-order valence-corrected chi connectivity index (χ3v) is 7.37. The number of nitrogens with zero attached hydrogens (tertiary/aromatic N) is 2. The minimum atomic E-state index is -3.89. The summed E-state index contributed by atoms with van der Waals surface area (Å²) in [5.74, 6) is -0.659. The van der Waals surface area contributed by atoms with Crippen LogP contribution in [0.15, 0.2) is 59.5 Å². The second-order valence-electron chi connectivity index (χ2n) is 7.75. The van der Waals surface area contributed by atoms with Crippen molar-refractivity contribution < 1.29 is 18.0 Å². The number of benzene rings is 2. The van der Waals surface area contributed by atoms with E-state index in [1.54, 1.807) is 0 Å². The Morgan fingerprint density at radius 2 is 1.67 bits per heavy atom. The van der Waals surface area contributed by atoms with Gasteiger partial charge >= 0.3 is 0 Å². The van der Waals surface area contributed by atoms with E-state index in [-0.39, 0.29) is 17.3 Å². The predicted octanol–water partition coefficient (Wildman–Crippen LogP) is 3.34. The van der Waals surface area contributed by atoms with Crippen LogP contribution in [0.25, 0.3) is 0 Å². The van der Waals surface area contributed by atoms with Crippen LogP contribution >= 0.6 is 11.6 Å². The minimum Gasteiger partial charge on any atom is -0.354 e. The first-order chi connectivity index (χ1) is 15.7. The highest BCUT2D eigenvalue weighted by atomic mass is 35.5. The van der Waals surface area contributed by atoms with Crippen molar-refractivity contribution in [2.24, 2.45) is 0 Å². The van der Waals surface area contributed by atoms with Crippen molar-refractivity contribution in [1.29, 1.82) is 0 Å². The number of carbonyl (C=O) groups is 2. The smallest absolute Gasteiger partial charge is 0.243 e. The van der Waals surface area contributed by atoms with Gasteiger partial charge in [-0.3, -0.25) is 9.59 Å². The van der Waals surface area contributed by atoms with Crippen LogP contribution in [0.5, 0.6) is 0 Å². The van der Waals surface area contributed by atoms with E-state index in [4.69, 9.17) is 11.6 Å². The molecule has 180 valence electrons. The maximum atomic E-state index is 13.3. The zero-order valence-electron chi connectivity index (χ0n) is 19.3. The highest BCUT2D eigenvalue weighted by Gasteiger charge is 2.31. The van der Waals surface area contributed by atoms with E-state index in [1.807, 2.05) is 44.2 Å². The zero-order valence-corrected chi connectivity index (χ0v) is 20.9. The Kier molecular flexibility index (Phi) is 10.3. The molecule has 0 bridgehead atoms. The Hall–Kier alpha value is -2.42. The minimum absolute atomic E-state index is 0.0470. The normalized spacial score (nSPS) is 12.4. The van der Waals surface area contributed by atoms with E-state index in [9.17, 15) is 18.0 Å².